The standard InChI is InChI=1S/C66H50N4/c1-4-25-52(26-5-1)68(64-34-16-22-49-19-10-13-31-61(49)64)58-43-37-55(38-44-58)67(56-39-45-59(46-40-56)69(53-27-6-2-7-28-53)65-35-17-23-50-20-11-14-32-62(50)65)57-41-47-60(48-42-57)70(54-29-8-3-9-30-54)66-36-18-24-51-21-12-15-33-63(51)66/h1-14,16-32,34-48H,15,33H2. The van der Waals surface area contributed by atoms with Gasteiger partial charge < -0.3 is 19.6 Å². The van der Waals surface area contributed by atoms with Crippen LogP contribution in [0.5, 0.6) is 0 Å². The molecule has 11 aromatic carbocycles. The Morgan fingerprint density at radius 3 is 0.986 bits per heavy atom. The summed E-state index contributed by atoms with van der Waals surface area (Å²) in [5.74, 6) is 0. The van der Waals surface area contributed by atoms with Crippen molar-refractivity contribution in [1.82, 2.24) is 0 Å². The second-order valence-electron chi connectivity index (χ2n) is 17.7. The van der Waals surface area contributed by atoms with Crippen LogP contribution in [0, 0.1) is 0 Å². The number of fused-ring (bicyclic) bond motifs is 3. The Bertz CT molecular complexity index is 3410. The van der Waals surface area contributed by atoms with Gasteiger partial charge in [0.15, 0.2) is 0 Å². The van der Waals surface area contributed by atoms with Gasteiger partial charge in [0.25, 0.3) is 0 Å². The number of nitrogens with zero attached hydrogens (tertiary/aromatic N) is 4. The zero-order chi connectivity index (χ0) is 46.6. The lowest BCUT2D eigenvalue weighted by molar-refractivity contribution is 0.979. The van der Waals surface area contributed by atoms with E-state index in [2.05, 4.69) is 299 Å². The molecule has 4 nitrogen and oxygen atoms in total. The summed E-state index contributed by atoms with van der Waals surface area (Å²) in [5, 5.41) is 4.81. The van der Waals surface area contributed by atoms with Crippen LogP contribution in [-0.2, 0) is 6.42 Å². The molecule has 12 rings (SSSR count). The van der Waals surface area contributed by atoms with Gasteiger partial charge in [-0.05, 0) is 162 Å². The van der Waals surface area contributed by atoms with Crippen molar-refractivity contribution in [1.29, 1.82) is 0 Å². The van der Waals surface area contributed by atoms with Crippen LogP contribution in [-0.4, -0.2) is 0 Å². The minimum atomic E-state index is 1.01. The van der Waals surface area contributed by atoms with Crippen molar-refractivity contribution in [3.63, 3.8) is 0 Å². The van der Waals surface area contributed by atoms with Crippen LogP contribution in [0.4, 0.5) is 68.2 Å². The summed E-state index contributed by atoms with van der Waals surface area (Å²) in [7, 11) is 0. The van der Waals surface area contributed by atoms with E-state index in [1.165, 1.54) is 38.4 Å². The van der Waals surface area contributed by atoms with E-state index in [4.69, 9.17) is 0 Å². The highest BCUT2D eigenvalue weighted by atomic mass is 15.2. The quantitative estimate of drug-likeness (QED) is 0.121. The molecule has 0 amide bonds. The first-order chi connectivity index (χ1) is 34.7. The normalized spacial score (nSPS) is 11.8. The predicted molar refractivity (Wildman–Crippen MR) is 298 cm³/mol. The molecule has 334 valence electrons. The van der Waals surface area contributed by atoms with Crippen molar-refractivity contribution >= 4 is 95.9 Å². The molecule has 1 aliphatic carbocycles. The molecule has 70 heavy (non-hydrogen) atoms. The van der Waals surface area contributed by atoms with Crippen molar-refractivity contribution in [3.8, 4) is 0 Å². The lowest BCUT2D eigenvalue weighted by atomic mass is 9.94. The van der Waals surface area contributed by atoms with E-state index >= 15 is 0 Å². The van der Waals surface area contributed by atoms with Gasteiger partial charge in [0.2, 0.25) is 0 Å². The number of allylic oxidation sites excluding steroid dienone is 1. The smallest absolute Gasteiger partial charge is 0.0540 e. The minimum absolute atomic E-state index is 1.01. The molecular weight excluding hydrogens is 849 g/mol. The lowest BCUT2D eigenvalue weighted by Gasteiger charge is -2.31. The lowest BCUT2D eigenvalue weighted by Crippen LogP contribution is -2.15. The van der Waals surface area contributed by atoms with E-state index in [9.17, 15) is 0 Å². The molecule has 0 N–H and O–H groups in total. The van der Waals surface area contributed by atoms with Gasteiger partial charge in [-0.3, -0.25) is 0 Å². The summed E-state index contributed by atoms with van der Waals surface area (Å²) in [5.41, 5.74) is 15.9. The third-order valence-corrected chi connectivity index (χ3v) is 13.4. The Hall–Kier alpha value is -9.12. The molecule has 0 radical (unpaired) electrons. The van der Waals surface area contributed by atoms with E-state index < -0.39 is 0 Å². The van der Waals surface area contributed by atoms with Gasteiger partial charge in [-0.15, -0.1) is 0 Å². The molecule has 0 fully saturated rings. The zero-order valence-corrected chi connectivity index (χ0v) is 38.8. The number of hydrogen-bond acceptors (Lipinski definition) is 4. The highest BCUT2D eigenvalue weighted by molar-refractivity contribution is 6.00. The monoisotopic (exact) mass is 898 g/mol. The second kappa shape index (κ2) is 18.9. The van der Waals surface area contributed by atoms with Crippen molar-refractivity contribution in [2.45, 2.75) is 12.8 Å². The Kier molecular flexibility index (Phi) is 11.4. The molecule has 0 unspecified atom stereocenters. The number of benzene rings is 11. The van der Waals surface area contributed by atoms with Crippen molar-refractivity contribution in [2.24, 2.45) is 0 Å². The summed E-state index contributed by atoms with van der Waals surface area (Å²) in [4.78, 5) is 9.50. The fourth-order valence-electron chi connectivity index (χ4n) is 10.2. The predicted octanol–water partition coefficient (Wildman–Crippen LogP) is 18.8. The molecule has 0 heterocycles. The highest BCUT2D eigenvalue weighted by Gasteiger charge is 2.22. The average Bonchev–Trinajstić information content (AvgIpc) is 3.43. The van der Waals surface area contributed by atoms with E-state index in [0.717, 1.165) is 75.4 Å². The maximum Gasteiger partial charge on any atom is 0.0540 e. The maximum atomic E-state index is 2.41. The summed E-state index contributed by atoms with van der Waals surface area (Å²) in [6, 6.07) is 96.2. The Labute approximate surface area is 410 Å². The van der Waals surface area contributed by atoms with Crippen LogP contribution in [0.3, 0.4) is 0 Å². The molecule has 0 spiro atoms. The first-order valence-electron chi connectivity index (χ1n) is 24.1. The van der Waals surface area contributed by atoms with E-state index in [-0.39, 0.29) is 0 Å². The molecule has 0 atom stereocenters. The SMILES string of the molecule is C1=Cc2cccc(N(c3ccccc3)c3ccc(N(c4ccc(N(c5ccccc5)c5cccc6ccccc56)cc4)c4ccc(N(c5ccccc5)c5cccc6ccccc56)cc4)cc3)c2CC1. The van der Waals surface area contributed by atoms with E-state index in [1.54, 1.807) is 0 Å². The second-order valence-corrected chi connectivity index (χ2v) is 17.7. The molecule has 0 saturated carbocycles. The van der Waals surface area contributed by atoms with Crippen LogP contribution in [0.1, 0.15) is 17.5 Å². The van der Waals surface area contributed by atoms with Crippen molar-refractivity contribution in [2.75, 3.05) is 19.6 Å². The van der Waals surface area contributed by atoms with Crippen molar-refractivity contribution in [3.05, 3.63) is 284 Å². The fraction of sp³-hybridized carbons (Fsp3) is 0.0303. The first-order valence-corrected chi connectivity index (χ1v) is 24.1. The number of hydrogen-bond donors (Lipinski definition) is 0. The summed E-state index contributed by atoms with van der Waals surface area (Å²) >= 11 is 0. The van der Waals surface area contributed by atoms with Crippen LogP contribution >= 0.6 is 0 Å². The Balaban J connectivity index is 0.980. The third-order valence-electron chi connectivity index (χ3n) is 13.4. The van der Waals surface area contributed by atoms with Gasteiger partial charge >= 0.3 is 0 Å². The molecule has 0 aromatic heterocycles. The number of para-hydroxylation sites is 3. The number of rotatable bonds is 12. The van der Waals surface area contributed by atoms with Gasteiger partial charge in [0.05, 0.1) is 11.4 Å². The molecule has 11 aromatic rings. The van der Waals surface area contributed by atoms with E-state index in [0.29, 0.717) is 0 Å². The Morgan fingerprint density at radius 2 is 0.557 bits per heavy atom. The average molecular weight is 899 g/mol. The summed E-state index contributed by atoms with van der Waals surface area (Å²) < 4.78 is 0. The van der Waals surface area contributed by atoms with E-state index in [1.807, 2.05) is 0 Å². The largest absolute Gasteiger partial charge is 0.310 e. The molecule has 4 heteroatoms. The third kappa shape index (κ3) is 8.12. The van der Waals surface area contributed by atoms with Crippen LogP contribution in [0.25, 0.3) is 27.6 Å². The molecule has 0 bridgehead atoms. The molecule has 0 saturated heterocycles. The maximum absolute atomic E-state index is 2.41. The molecular formula is C66H50N4. The van der Waals surface area contributed by atoms with Gasteiger partial charge in [0.1, 0.15) is 0 Å². The van der Waals surface area contributed by atoms with Gasteiger partial charge in [-0.2, -0.15) is 0 Å². The Morgan fingerprint density at radius 1 is 0.243 bits per heavy atom. The zero-order valence-electron chi connectivity index (χ0n) is 38.8. The highest BCUT2D eigenvalue weighted by Crippen LogP contribution is 2.45. The topological polar surface area (TPSA) is 13.0 Å². The molecule has 1 aliphatic rings. The van der Waals surface area contributed by atoms with Gasteiger partial charge in [0, 0.05) is 67.6 Å². The first kappa shape index (κ1) is 42.2. The fourth-order valence-corrected chi connectivity index (χ4v) is 10.2. The van der Waals surface area contributed by atoms with Crippen molar-refractivity contribution < 1.29 is 0 Å². The van der Waals surface area contributed by atoms with Crippen LogP contribution < -0.4 is 19.6 Å². The number of anilines is 12. The summed E-state index contributed by atoms with van der Waals surface area (Å²) in [6.45, 7) is 0. The van der Waals surface area contributed by atoms with Gasteiger partial charge in [-0.1, -0.05) is 152 Å². The van der Waals surface area contributed by atoms with Crippen LogP contribution in [0.2, 0.25) is 0 Å². The van der Waals surface area contributed by atoms with Gasteiger partial charge in [-0.25, -0.2) is 0 Å². The molecule has 0 aliphatic heterocycles. The summed E-state index contributed by atoms with van der Waals surface area (Å²) in [6.07, 6.45) is 6.60. The minimum Gasteiger partial charge on any atom is -0.310 e. The van der Waals surface area contributed by atoms with Crippen LogP contribution in [0.15, 0.2) is 273 Å².